The van der Waals surface area contributed by atoms with Crippen LogP contribution in [-0.4, -0.2) is 78.4 Å². The number of carbonyl (C=O) groups is 2. The van der Waals surface area contributed by atoms with Crippen LogP contribution in [0.15, 0.2) is 18.2 Å². The summed E-state index contributed by atoms with van der Waals surface area (Å²) in [6.07, 6.45) is 4.58. The van der Waals surface area contributed by atoms with Gasteiger partial charge in [0.25, 0.3) is 0 Å². The molecule has 2 heterocycles. The second-order valence-corrected chi connectivity index (χ2v) is 7.90. The molecule has 2 aliphatic rings. The minimum atomic E-state index is -0.988. The maximum absolute atomic E-state index is 13.3. The molecule has 0 bridgehead atoms. The molecule has 0 aliphatic carbocycles. The molecular weight excluding hydrogens is 378 g/mol. The van der Waals surface area contributed by atoms with Crippen LogP contribution in [0.25, 0.3) is 0 Å². The lowest BCUT2D eigenvalue weighted by Gasteiger charge is -2.37. The Labute approximate surface area is 170 Å². The van der Waals surface area contributed by atoms with Gasteiger partial charge in [-0.05, 0) is 31.9 Å². The zero-order valence-electron chi connectivity index (χ0n) is 17.0. The predicted molar refractivity (Wildman–Crippen MR) is 108 cm³/mol. The Kier molecular flexibility index (Phi) is 7.55. The summed E-state index contributed by atoms with van der Waals surface area (Å²) in [4.78, 5) is 31.2. The topological polar surface area (TPSA) is 55.9 Å². The normalized spacial score (nSPS) is 20.2. The van der Waals surface area contributed by atoms with Crippen molar-refractivity contribution in [2.45, 2.75) is 38.6 Å². The molecule has 1 aromatic carbocycles. The van der Waals surface area contributed by atoms with Crippen molar-refractivity contribution < 1.29 is 18.4 Å². The Hall–Kier alpha value is -2.06. The van der Waals surface area contributed by atoms with E-state index in [-0.39, 0.29) is 17.5 Å². The van der Waals surface area contributed by atoms with E-state index in [9.17, 15) is 18.4 Å². The molecule has 160 valence electrons. The number of likely N-dealkylation sites (tertiary alicyclic amines) is 1. The summed E-state index contributed by atoms with van der Waals surface area (Å²) in [5.74, 6) is -1.99. The Morgan fingerprint density at radius 2 is 1.62 bits per heavy atom. The molecule has 8 heteroatoms. The molecule has 1 unspecified atom stereocenters. The third-order valence-electron chi connectivity index (χ3n) is 5.84. The van der Waals surface area contributed by atoms with E-state index < -0.39 is 17.7 Å². The van der Waals surface area contributed by atoms with E-state index >= 15 is 0 Å². The molecule has 1 N–H and O–H groups in total. The monoisotopic (exact) mass is 408 g/mol. The van der Waals surface area contributed by atoms with E-state index in [4.69, 9.17) is 0 Å². The average molecular weight is 408 g/mol. The van der Waals surface area contributed by atoms with Crippen molar-refractivity contribution in [3.05, 3.63) is 29.8 Å². The fourth-order valence-corrected chi connectivity index (χ4v) is 3.91. The van der Waals surface area contributed by atoms with Gasteiger partial charge in [-0.1, -0.05) is 12.8 Å². The highest BCUT2D eigenvalue weighted by atomic mass is 19.2. The summed E-state index contributed by atoms with van der Waals surface area (Å²) in [5, 5.41) is 2.64. The number of hydrogen-bond donors (Lipinski definition) is 1. The summed E-state index contributed by atoms with van der Waals surface area (Å²) >= 11 is 0. The van der Waals surface area contributed by atoms with Gasteiger partial charge in [-0.2, -0.15) is 0 Å². The van der Waals surface area contributed by atoms with Crippen LogP contribution in [0.3, 0.4) is 0 Å². The fraction of sp³-hybridized carbons (Fsp3) is 0.619. The standard InChI is InChI=1S/C21H30F2N4O2/c1-16(21(29)24-17-6-7-18(22)19(23)14-17)26-12-10-25(11-13-26)15-20(28)27-8-4-2-3-5-9-27/h6-7,14,16H,2-5,8-13,15H2,1H3,(H,24,29). The van der Waals surface area contributed by atoms with Gasteiger partial charge in [-0.3, -0.25) is 19.4 Å². The molecule has 2 amide bonds. The van der Waals surface area contributed by atoms with Gasteiger partial charge in [-0.15, -0.1) is 0 Å². The first-order chi connectivity index (χ1) is 13.9. The molecule has 1 atom stereocenters. The average Bonchev–Trinajstić information content (AvgIpc) is 3.00. The minimum Gasteiger partial charge on any atom is -0.342 e. The number of nitrogens with one attached hydrogen (secondary N) is 1. The fourth-order valence-electron chi connectivity index (χ4n) is 3.91. The second-order valence-electron chi connectivity index (χ2n) is 7.90. The van der Waals surface area contributed by atoms with Crippen molar-refractivity contribution in [2.75, 3.05) is 51.1 Å². The van der Waals surface area contributed by atoms with E-state index in [1.54, 1.807) is 6.92 Å². The van der Waals surface area contributed by atoms with Crippen molar-refractivity contribution in [2.24, 2.45) is 0 Å². The second kappa shape index (κ2) is 10.1. The Morgan fingerprint density at radius 3 is 2.24 bits per heavy atom. The van der Waals surface area contributed by atoms with Crippen molar-refractivity contribution in [1.29, 1.82) is 0 Å². The van der Waals surface area contributed by atoms with Crippen LogP contribution in [0.5, 0.6) is 0 Å². The zero-order chi connectivity index (χ0) is 20.8. The number of halogens is 2. The van der Waals surface area contributed by atoms with Crippen LogP contribution in [-0.2, 0) is 9.59 Å². The van der Waals surface area contributed by atoms with E-state index in [1.165, 1.54) is 18.9 Å². The molecule has 1 aromatic rings. The number of piperazine rings is 1. The predicted octanol–water partition coefficient (Wildman–Crippen LogP) is 2.31. The van der Waals surface area contributed by atoms with Crippen LogP contribution in [0.2, 0.25) is 0 Å². The van der Waals surface area contributed by atoms with Crippen LogP contribution < -0.4 is 5.32 Å². The van der Waals surface area contributed by atoms with Crippen LogP contribution in [0.1, 0.15) is 32.6 Å². The molecule has 0 radical (unpaired) electrons. The summed E-state index contributed by atoms with van der Waals surface area (Å²) in [6.45, 7) is 6.76. The molecule has 0 aromatic heterocycles. The molecule has 29 heavy (non-hydrogen) atoms. The summed E-state index contributed by atoms with van der Waals surface area (Å²) < 4.78 is 26.3. The van der Waals surface area contributed by atoms with E-state index in [1.807, 2.05) is 9.80 Å². The smallest absolute Gasteiger partial charge is 0.241 e. The minimum absolute atomic E-state index is 0.199. The lowest BCUT2D eigenvalue weighted by Crippen LogP contribution is -2.54. The third-order valence-corrected chi connectivity index (χ3v) is 5.84. The Bertz CT molecular complexity index is 715. The number of carbonyl (C=O) groups excluding carboxylic acids is 2. The van der Waals surface area contributed by atoms with Crippen molar-refractivity contribution in [3.63, 3.8) is 0 Å². The van der Waals surface area contributed by atoms with Gasteiger partial charge >= 0.3 is 0 Å². The number of anilines is 1. The molecule has 0 spiro atoms. The molecule has 2 fully saturated rings. The lowest BCUT2D eigenvalue weighted by atomic mass is 10.2. The molecule has 0 saturated carbocycles. The van der Waals surface area contributed by atoms with E-state index in [0.717, 1.165) is 51.2 Å². The maximum Gasteiger partial charge on any atom is 0.241 e. The van der Waals surface area contributed by atoms with Gasteiger partial charge in [0.2, 0.25) is 11.8 Å². The SMILES string of the molecule is CC(C(=O)Nc1ccc(F)c(F)c1)N1CCN(CC(=O)N2CCCCCC2)CC1. The quantitative estimate of drug-likeness (QED) is 0.813. The van der Waals surface area contributed by atoms with Crippen LogP contribution in [0.4, 0.5) is 14.5 Å². The number of hydrogen-bond acceptors (Lipinski definition) is 4. The number of amides is 2. The Balaban J connectivity index is 1.44. The molecule has 2 saturated heterocycles. The first kappa shape index (κ1) is 21.6. The number of nitrogens with zero attached hydrogens (tertiary/aromatic N) is 3. The van der Waals surface area contributed by atoms with Crippen molar-refractivity contribution in [1.82, 2.24) is 14.7 Å². The summed E-state index contributed by atoms with van der Waals surface area (Å²) in [5.41, 5.74) is 0.238. The molecule has 2 aliphatic heterocycles. The van der Waals surface area contributed by atoms with Crippen LogP contribution >= 0.6 is 0 Å². The molecule has 6 nitrogen and oxygen atoms in total. The van der Waals surface area contributed by atoms with Crippen LogP contribution in [0, 0.1) is 11.6 Å². The largest absolute Gasteiger partial charge is 0.342 e. The van der Waals surface area contributed by atoms with Gasteiger partial charge in [0, 0.05) is 51.0 Å². The Morgan fingerprint density at radius 1 is 0.966 bits per heavy atom. The molecule has 3 rings (SSSR count). The third kappa shape index (κ3) is 5.96. The first-order valence-electron chi connectivity index (χ1n) is 10.4. The maximum atomic E-state index is 13.3. The van der Waals surface area contributed by atoms with E-state index in [0.29, 0.717) is 19.6 Å². The lowest BCUT2D eigenvalue weighted by molar-refractivity contribution is -0.133. The van der Waals surface area contributed by atoms with Gasteiger partial charge in [0.15, 0.2) is 11.6 Å². The number of benzene rings is 1. The van der Waals surface area contributed by atoms with Gasteiger partial charge < -0.3 is 10.2 Å². The summed E-state index contributed by atoms with van der Waals surface area (Å²) in [7, 11) is 0. The van der Waals surface area contributed by atoms with Gasteiger partial charge in [0.1, 0.15) is 0 Å². The highest BCUT2D eigenvalue weighted by Gasteiger charge is 2.27. The van der Waals surface area contributed by atoms with Crippen molar-refractivity contribution in [3.8, 4) is 0 Å². The first-order valence-corrected chi connectivity index (χ1v) is 10.4. The number of rotatable bonds is 5. The van der Waals surface area contributed by atoms with Crippen molar-refractivity contribution >= 4 is 17.5 Å². The molecular formula is C21H30F2N4O2. The highest BCUT2D eigenvalue weighted by molar-refractivity contribution is 5.94. The van der Waals surface area contributed by atoms with Gasteiger partial charge in [-0.25, -0.2) is 8.78 Å². The summed E-state index contributed by atoms with van der Waals surface area (Å²) in [6, 6.07) is 2.92. The van der Waals surface area contributed by atoms with E-state index in [2.05, 4.69) is 10.2 Å². The van der Waals surface area contributed by atoms with Gasteiger partial charge in [0.05, 0.1) is 12.6 Å². The highest BCUT2D eigenvalue weighted by Crippen LogP contribution is 2.15. The zero-order valence-corrected chi connectivity index (χ0v) is 17.0.